The van der Waals surface area contributed by atoms with Gasteiger partial charge in [0.15, 0.2) is 5.82 Å². The maximum absolute atomic E-state index is 12.6. The smallest absolute Gasteiger partial charge is 0.496 e. The van der Waals surface area contributed by atoms with Gasteiger partial charge in [-0.1, -0.05) is 12.2 Å². The first-order chi connectivity index (χ1) is 19.9. The second-order valence-corrected chi connectivity index (χ2v) is 10.1. The number of ether oxygens (including phenoxy) is 2. The van der Waals surface area contributed by atoms with E-state index in [1.54, 1.807) is 12.3 Å². The van der Waals surface area contributed by atoms with Gasteiger partial charge in [-0.2, -0.15) is 0 Å². The van der Waals surface area contributed by atoms with Gasteiger partial charge in [-0.25, -0.2) is 9.97 Å². The SMILES string of the molecule is COc1cc(OC(F)(F)F)ccc1C=CCc1cc(-c2nc(N3CCNCC3)c3c(C4CC4)cncc3n2)ccn1. The van der Waals surface area contributed by atoms with Crippen LogP contribution in [0.2, 0.25) is 0 Å². The van der Waals surface area contributed by atoms with Crippen molar-refractivity contribution in [3.05, 3.63) is 71.8 Å². The van der Waals surface area contributed by atoms with Gasteiger partial charge in [0.2, 0.25) is 0 Å². The number of hydrogen-bond donors (Lipinski definition) is 1. The number of aromatic nitrogens is 4. The summed E-state index contributed by atoms with van der Waals surface area (Å²) in [5.41, 5.74) is 4.35. The average Bonchev–Trinajstić information content (AvgIpc) is 3.82. The molecule has 2 aliphatic rings. The molecule has 212 valence electrons. The Morgan fingerprint density at radius 3 is 2.66 bits per heavy atom. The number of rotatable bonds is 8. The zero-order valence-electron chi connectivity index (χ0n) is 22.5. The van der Waals surface area contributed by atoms with Crippen LogP contribution in [0.1, 0.15) is 35.6 Å². The summed E-state index contributed by atoms with van der Waals surface area (Å²) in [6, 6.07) is 7.84. The Kier molecular flexibility index (Phi) is 7.44. The number of piperazine rings is 1. The molecule has 4 aromatic rings. The van der Waals surface area contributed by atoms with Gasteiger partial charge in [-0.3, -0.25) is 9.97 Å². The summed E-state index contributed by atoms with van der Waals surface area (Å²) in [7, 11) is 1.40. The number of benzene rings is 1. The summed E-state index contributed by atoms with van der Waals surface area (Å²) >= 11 is 0. The number of allylic oxidation sites excluding steroid dienone is 1. The van der Waals surface area contributed by atoms with E-state index in [-0.39, 0.29) is 11.5 Å². The molecule has 3 aromatic heterocycles. The first-order valence-electron chi connectivity index (χ1n) is 13.5. The van der Waals surface area contributed by atoms with Crippen LogP contribution in [0.25, 0.3) is 28.4 Å². The van der Waals surface area contributed by atoms with Gasteiger partial charge in [0.05, 0.1) is 18.8 Å². The van der Waals surface area contributed by atoms with E-state index in [9.17, 15) is 13.2 Å². The molecule has 1 saturated heterocycles. The topological polar surface area (TPSA) is 85.3 Å². The molecule has 0 atom stereocenters. The maximum Gasteiger partial charge on any atom is 0.573 e. The Hall–Kier alpha value is -4.25. The first-order valence-corrected chi connectivity index (χ1v) is 13.5. The normalized spacial score (nSPS) is 16.0. The summed E-state index contributed by atoms with van der Waals surface area (Å²) < 4.78 is 47.0. The van der Waals surface area contributed by atoms with Gasteiger partial charge in [0.1, 0.15) is 17.3 Å². The van der Waals surface area contributed by atoms with Crippen LogP contribution in [-0.2, 0) is 6.42 Å². The van der Waals surface area contributed by atoms with E-state index in [0.29, 0.717) is 23.7 Å². The molecule has 41 heavy (non-hydrogen) atoms. The summed E-state index contributed by atoms with van der Waals surface area (Å²) in [6.45, 7) is 3.55. The Balaban J connectivity index is 1.27. The van der Waals surface area contributed by atoms with E-state index in [1.165, 1.54) is 43.7 Å². The van der Waals surface area contributed by atoms with Gasteiger partial charge >= 0.3 is 6.36 Å². The van der Waals surface area contributed by atoms with Crippen molar-refractivity contribution >= 4 is 22.8 Å². The van der Waals surface area contributed by atoms with Crippen LogP contribution in [0.5, 0.6) is 11.5 Å². The first kappa shape index (κ1) is 26.9. The van der Waals surface area contributed by atoms with Crippen molar-refractivity contribution in [3.63, 3.8) is 0 Å². The lowest BCUT2D eigenvalue weighted by Gasteiger charge is -2.30. The van der Waals surface area contributed by atoms with E-state index >= 15 is 0 Å². The fourth-order valence-electron chi connectivity index (χ4n) is 5.09. The molecule has 1 aliphatic heterocycles. The molecule has 0 radical (unpaired) electrons. The third-order valence-electron chi connectivity index (χ3n) is 7.19. The summed E-state index contributed by atoms with van der Waals surface area (Å²) in [6.07, 6.45) is 7.25. The molecule has 8 nitrogen and oxygen atoms in total. The number of pyridine rings is 2. The quantitative estimate of drug-likeness (QED) is 0.300. The lowest BCUT2D eigenvalue weighted by Crippen LogP contribution is -2.44. The molecular weight excluding hydrogens is 533 g/mol. The highest BCUT2D eigenvalue weighted by Crippen LogP contribution is 2.44. The molecule has 11 heteroatoms. The molecule has 0 unspecified atom stereocenters. The predicted octanol–water partition coefficient (Wildman–Crippen LogP) is 5.54. The second-order valence-electron chi connectivity index (χ2n) is 10.1. The van der Waals surface area contributed by atoms with Crippen LogP contribution in [0, 0.1) is 0 Å². The fourth-order valence-corrected chi connectivity index (χ4v) is 5.09. The number of methoxy groups -OCH3 is 1. The molecular formula is C30H29F3N6O2. The molecule has 1 saturated carbocycles. The fraction of sp³-hybridized carbons (Fsp3) is 0.333. The standard InChI is InChI=1S/C30H29F3N6O2/c1-40-26-16-23(41-30(31,32)33)8-7-20(26)3-2-4-22-15-21(9-10-36-22)28-37-25-18-35-17-24(19-5-6-19)27(25)29(38-28)39-13-11-34-12-14-39/h2-3,7-10,15-19,34H,4-6,11-14H2,1H3. The number of fused-ring (bicyclic) bond motifs is 1. The van der Waals surface area contributed by atoms with E-state index in [1.807, 2.05) is 30.6 Å². The van der Waals surface area contributed by atoms with Crippen molar-refractivity contribution in [1.29, 1.82) is 0 Å². The van der Waals surface area contributed by atoms with Crippen LogP contribution in [-0.4, -0.2) is 59.6 Å². The van der Waals surface area contributed by atoms with Gasteiger partial charge in [-0.15, -0.1) is 13.2 Å². The highest BCUT2D eigenvalue weighted by molar-refractivity contribution is 5.94. The third kappa shape index (κ3) is 6.25. The van der Waals surface area contributed by atoms with Crippen molar-refractivity contribution in [3.8, 4) is 22.9 Å². The Bertz CT molecular complexity index is 1580. The Morgan fingerprint density at radius 2 is 1.90 bits per heavy atom. The molecule has 4 heterocycles. The Labute approximate surface area is 235 Å². The van der Waals surface area contributed by atoms with Crippen LogP contribution < -0.4 is 19.7 Å². The minimum Gasteiger partial charge on any atom is -0.496 e. The molecule has 0 bridgehead atoms. The zero-order chi connectivity index (χ0) is 28.4. The number of halogens is 3. The molecule has 2 fully saturated rings. The van der Waals surface area contributed by atoms with Crippen molar-refractivity contribution in [2.24, 2.45) is 0 Å². The van der Waals surface area contributed by atoms with E-state index in [2.05, 4.69) is 24.9 Å². The maximum atomic E-state index is 12.6. The van der Waals surface area contributed by atoms with Crippen LogP contribution in [0.15, 0.2) is 55.0 Å². The number of nitrogens with one attached hydrogen (secondary N) is 1. The van der Waals surface area contributed by atoms with Crippen molar-refractivity contribution in [1.82, 2.24) is 25.3 Å². The number of nitrogens with zero attached hydrogens (tertiary/aromatic N) is 5. The van der Waals surface area contributed by atoms with E-state index in [0.717, 1.165) is 54.2 Å². The van der Waals surface area contributed by atoms with Crippen molar-refractivity contribution < 1.29 is 22.6 Å². The van der Waals surface area contributed by atoms with Gasteiger partial charge < -0.3 is 19.7 Å². The Morgan fingerprint density at radius 1 is 1.07 bits per heavy atom. The van der Waals surface area contributed by atoms with Crippen LogP contribution in [0.3, 0.4) is 0 Å². The van der Waals surface area contributed by atoms with Crippen molar-refractivity contribution in [2.45, 2.75) is 31.5 Å². The monoisotopic (exact) mass is 562 g/mol. The van der Waals surface area contributed by atoms with Crippen molar-refractivity contribution in [2.75, 3.05) is 38.2 Å². The van der Waals surface area contributed by atoms with Gasteiger partial charge in [0.25, 0.3) is 0 Å². The van der Waals surface area contributed by atoms with Crippen LogP contribution >= 0.6 is 0 Å². The lowest BCUT2D eigenvalue weighted by molar-refractivity contribution is -0.274. The van der Waals surface area contributed by atoms with E-state index in [4.69, 9.17) is 14.7 Å². The highest BCUT2D eigenvalue weighted by atomic mass is 19.4. The summed E-state index contributed by atoms with van der Waals surface area (Å²) in [5.74, 6) is 2.04. The van der Waals surface area contributed by atoms with E-state index < -0.39 is 6.36 Å². The molecule has 0 amide bonds. The molecule has 1 N–H and O–H groups in total. The molecule has 1 aliphatic carbocycles. The zero-order valence-corrected chi connectivity index (χ0v) is 22.5. The number of anilines is 1. The third-order valence-corrected chi connectivity index (χ3v) is 7.19. The predicted molar refractivity (Wildman–Crippen MR) is 150 cm³/mol. The number of alkyl halides is 3. The van der Waals surface area contributed by atoms with Gasteiger partial charge in [-0.05, 0) is 48.6 Å². The summed E-state index contributed by atoms with van der Waals surface area (Å²) in [5, 5.41) is 4.52. The lowest BCUT2D eigenvalue weighted by atomic mass is 10.1. The van der Waals surface area contributed by atoms with Gasteiger partial charge in [0, 0.05) is 73.3 Å². The minimum absolute atomic E-state index is 0.272. The minimum atomic E-state index is -4.77. The molecule has 0 spiro atoms. The highest BCUT2D eigenvalue weighted by Gasteiger charge is 2.31. The second kappa shape index (κ2) is 11.3. The average molecular weight is 563 g/mol. The largest absolute Gasteiger partial charge is 0.573 e. The number of hydrogen-bond acceptors (Lipinski definition) is 8. The molecule has 6 rings (SSSR count). The molecule has 1 aromatic carbocycles. The summed E-state index contributed by atoms with van der Waals surface area (Å²) in [4.78, 5) is 21.4. The van der Waals surface area contributed by atoms with Crippen LogP contribution in [0.4, 0.5) is 19.0 Å².